The fourth-order valence-electron chi connectivity index (χ4n) is 2.01. The normalized spacial score (nSPS) is 12.6. The maximum atomic E-state index is 8.96. The van der Waals surface area contributed by atoms with Gasteiger partial charge in [-0.2, -0.15) is 0 Å². The standard InChI is InChI=1S/C15H20N2O/c1-12(11-18)5-4-9-16-15-14-7-3-2-6-13(14)8-10-17-15/h2-3,6-8,10,12,18H,4-5,9,11H2,1H3,(H,16,17). The van der Waals surface area contributed by atoms with Gasteiger partial charge >= 0.3 is 0 Å². The monoisotopic (exact) mass is 244 g/mol. The molecule has 1 aromatic carbocycles. The Morgan fingerprint density at radius 2 is 2.11 bits per heavy atom. The molecule has 0 saturated heterocycles. The van der Waals surface area contributed by atoms with Gasteiger partial charge in [-0.05, 0) is 30.2 Å². The highest BCUT2D eigenvalue weighted by atomic mass is 16.3. The molecule has 2 N–H and O–H groups in total. The van der Waals surface area contributed by atoms with Crippen molar-refractivity contribution in [3.63, 3.8) is 0 Å². The maximum Gasteiger partial charge on any atom is 0.133 e. The van der Waals surface area contributed by atoms with Crippen molar-refractivity contribution in [1.82, 2.24) is 4.98 Å². The number of anilines is 1. The van der Waals surface area contributed by atoms with E-state index < -0.39 is 0 Å². The zero-order chi connectivity index (χ0) is 12.8. The van der Waals surface area contributed by atoms with Gasteiger partial charge < -0.3 is 10.4 Å². The average Bonchev–Trinajstić information content (AvgIpc) is 2.43. The molecule has 1 heterocycles. The van der Waals surface area contributed by atoms with Gasteiger partial charge in [0.05, 0.1) is 0 Å². The molecule has 2 rings (SSSR count). The summed E-state index contributed by atoms with van der Waals surface area (Å²) in [6.07, 6.45) is 3.92. The van der Waals surface area contributed by atoms with Crippen molar-refractivity contribution < 1.29 is 5.11 Å². The largest absolute Gasteiger partial charge is 0.396 e. The van der Waals surface area contributed by atoms with Gasteiger partial charge in [0.25, 0.3) is 0 Å². The highest BCUT2D eigenvalue weighted by Crippen LogP contribution is 2.20. The molecule has 0 bridgehead atoms. The lowest BCUT2D eigenvalue weighted by Crippen LogP contribution is -2.07. The number of rotatable bonds is 6. The topological polar surface area (TPSA) is 45.1 Å². The second-order valence-electron chi connectivity index (χ2n) is 4.74. The predicted octanol–water partition coefficient (Wildman–Crippen LogP) is 3.06. The highest BCUT2D eigenvalue weighted by molar-refractivity contribution is 5.91. The molecular weight excluding hydrogens is 224 g/mol. The number of fused-ring (bicyclic) bond motifs is 1. The molecule has 0 spiro atoms. The Morgan fingerprint density at radius 1 is 1.28 bits per heavy atom. The van der Waals surface area contributed by atoms with E-state index in [1.807, 2.05) is 24.4 Å². The zero-order valence-electron chi connectivity index (χ0n) is 10.8. The van der Waals surface area contributed by atoms with Crippen LogP contribution < -0.4 is 5.32 Å². The van der Waals surface area contributed by atoms with Gasteiger partial charge in [-0.15, -0.1) is 0 Å². The lowest BCUT2D eigenvalue weighted by Gasteiger charge is -2.10. The Balaban J connectivity index is 1.95. The molecule has 1 aromatic heterocycles. The summed E-state index contributed by atoms with van der Waals surface area (Å²) in [5, 5.41) is 14.7. The Kier molecular flexibility index (Phi) is 4.53. The summed E-state index contributed by atoms with van der Waals surface area (Å²) in [4.78, 5) is 4.38. The minimum atomic E-state index is 0.270. The summed E-state index contributed by atoms with van der Waals surface area (Å²) in [5.41, 5.74) is 0. The number of pyridine rings is 1. The maximum absolute atomic E-state index is 8.96. The highest BCUT2D eigenvalue weighted by Gasteiger charge is 2.02. The van der Waals surface area contributed by atoms with Crippen molar-refractivity contribution in [2.45, 2.75) is 19.8 Å². The molecule has 2 aromatic rings. The number of nitrogens with one attached hydrogen (secondary N) is 1. The van der Waals surface area contributed by atoms with Gasteiger partial charge in [0.2, 0.25) is 0 Å². The molecular formula is C15H20N2O. The Labute approximate surface area is 108 Å². The van der Waals surface area contributed by atoms with Crippen molar-refractivity contribution in [3.8, 4) is 0 Å². The first kappa shape index (κ1) is 12.8. The molecule has 0 amide bonds. The van der Waals surface area contributed by atoms with Gasteiger partial charge in [0, 0.05) is 24.7 Å². The van der Waals surface area contributed by atoms with Crippen LogP contribution >= 0.6 is 0 Å². The van der Waals surface area contributed by atoms with Crippen LogP contribution in [0.2, 0.25) is 0 Å². The molecule has 0 aliphatic rings. The molecule has 1 unspecified atom stereocenters. The first-order chi connectivity index (χ1) is 8.81. The van der Waals surface area contributed by atoms with Crippen LogP contribution in [-0.2, 0) is 0 Å². The van der Waals surface area contributed by atoms with Crippen molar-refractivity contribution >= 4 is 16.6 Å². The van der Waals surface area contributed by atoms with Crippen LogP contribution in [-0.4, -0.2) is 23.2 Å². The van der Waals surface area contributed by atoms with E-state index in [1.54, 1.807) is 0 Å². The van der Waals surface area contributed by atoms with Crippen molar-refractivity contribution in [1.29, 1.82) is 0 Å². The van der Waals surface area contributed by atoms with Crippen LogP contribution in [0.3, 0.4) is 0 Å². The molecule has 96 valence electrons. The molecule has 0 fully saturated rings. The fourth-order valence-corrected chi connectivity index (χ4v) is 2.01. The molecule has 0 aliphatic heterocycles. The lowest BCUT2D eigenvalue weighted by molar-refractivity contribution is 0.229. The smallest absolute Gasteiger partial charge is 0.133 e. The van der Waals surface area contributed by atoms with E-state index >= 15 is 0 Å². The second-order valence-corrected chi connectivity index (χ2v) is 4.74. The van der Waals surface area contributed by atoms with Crippen LogP contribution in [0.4, 0.5) is 5.82 Å². The van der Waals surface area contributed by atoms with Gasteiger partial charge in [0.15, 0.2) is 0 Å². The average molecular weight is 244 g/mol. The first-order valence-corrected chi connectivity index (χ1v) is 6.49. The number of aliphatic hydroxyl groups excluding tert-OH is 1. The number of benzene rings is 1. The third-order valence-electron chi connectivity index (χ3n) is 3.15. The van der Waals surface area contributed by atoms with Gasteiger partial charge in [-0.3, -0.25) is 0 Å². The second kappa shape index (κ2) is 6.36. The van der Waals surface area contributed by atoms with Gasteiger partial charge in [-0.1, -0.05) is 31.2 Å². The SMILES string of the molecule is CC(CO)CCCNc1nccc2ccccc12. The quantitative estimate of drug-likeness (QED) is 0.768. The van der Waals surface area contributed by atoms with Crippen molar-refractivity contribution in [2.75, 3.05) is 18.5 Å². The summed E-state index contributed by atoms with van der Waals surface area (Å²) in [6, 6.07) is 10.3. The summed E-state index contributed by atoms with van der Waals surface area (Å²) < 4.78 is 0. The molecule has 3 nitrogen and oxygen atoms in total. The molecule has 1 atom stereocenters. The van der Waals surface area contributed by atoms with Crippen molar-refractivity contribution in [3.05, 3.63) is 36.5 Å². The summed E-state index contributed by atoms with van der Waals surface area (Å²) in [5.74, 6) is 1.33. The van der Waals surface area contributed by atoms with Gasteiger partial charge in [0.1, 0.15) is 5.82 Å². The van der Waals surface area contributed by atoms with E-state index in [1.165, 1.54) is 5.39 Å². The number of aliphatic hydroxyl groups is 1. The Hall–Kier alpha value is -1.61. The molecule has 18 heavy (non-hydrogen) atoms. The van der Waals surface area contributed by atoms with E-state index in [-0.39, 0.29) is 6.61 Å². The molecule has 0 saturated carbocycles. The lowest BCUT2D eigenvalue weighted by atomic mass is 10.1. The number of hydrogen-bond donors (Lipinski definition) is 2. The van der Waals surface area contributed by atoms with E-state index in [2.05, 4.69) is 29.4 Å². The van der Waals surface area contributed by atoms with E-state index in [0.29, 0.717) is 5.92 Å². The Bertz CT molecular complexity index is 493. The fraction of sp³-hybridized carbons (Fsp3) is 0.400. The van der Waals surface area contributed by atoms with Crippen LogP contribution in [0, 0.1) is 5.92 Å². The summed E-state index contributed by atoms with van der Waals surface area (Å²) >= 11 is 0. The predicted molar refractivity (Wildman–Crippen MR) is 75.7 cm³/mol. The number of hydrogen-bond acceptors (Lipinski definition) is 3. The van der Waals surface area contributed by atoms with Crippen LogP contribution in [0.15, 0.2) is 36.5 Å². The molecule has 0 aliphatic carbocycles. The van der Waals surface area contributed by atoms with Crippen LogP contribution in [0.1, 0.15) is 19.8 Å². The molecule has 0 radical (unpaired) electrons. The summed E-state index contributed by atoms with van der Waals surface area (Å²) in [6.45, 7) is 3.23. The van der Waals surface area contributed by atoms with E-state index in [9.17, 15) is 0 Å². The third-order valence-corrected chi connectivity index (χ3v) is 3.15. The van der Waals surface area contributed by atoms with Crippen LogP contribution in [0.25, 0.3) is 10.8 Å². The first-order valence-electron chi connectivity index (χ1n) is 6.49. The summed E-state index contributed by atoms with van der Waals surface area (Å²) in [7, 11) is 0. The van der Waals surface area contributed by atoms with E-state index in [0.717, 1.165) is 30.6 Å². The zero-order valence-corrected chi connectivity index (χ0v) is 10.8. The van der Waals surface area contributed by atoms with Gasteiger partial charge in [-0.25, -0.2) is 4.98 Å². The molecule has 3 heteroatoms. The number of aromatic nitrogens is 1. The Morgan fingerprint density at radius 3 is 2.94 bits per heavy atom. The van der Waals surface area contributed by atoms with Crippen molar-refractivity contribution in [2.24, 2.45) is 5.92 Å². The van der Waals surface area contributed by atoms with Crippen LogP contribution in [0.5, 0.6) is 0 Å². The minimum absolute atomic E-state index is 0.270. The number of nitrogens with zero attached hydrogens (tertiary/aromatic N) is 1. The third kappa shape index (κ3) is 3.20. The minimum Gasteiger partial charge on any atom is -0.396 e. The van der Waals surface area contributed by atoms with E-state index in [4.69, 9.17) is 5.11 Å².